The van der Waals surface area contributed by atoms with Gasteiger partial charge in [0.25, 0.3) is 5.91 Å². The number of amides is 1. The molecule has 2 aromatic carbocycles. The summed E-state index contributed by atoms with van der Waals surface area (Å²) in [6, 6.07) is 15.5. The van der Waals surface area contributed by atoms with Gasteiger partial charge in [-0.15, -0.1) is 5.10 Å². The first kappa shape index (κ1) is 17.0. The molecule has 1 saturated heterocycles. The van der Waals surface area contributed by atoms with Crippen LogP contribution in [0.15, 0.2) is 64.6 Å². The summed E-state index contributed by atoms with van der Waals surface area (Å²) in [7, 11) is 1.26. The summed E-state index contributed by atoms with van der Waals surface area (Å²) in [6.07, 6.45) is 1.14. The highest BCUT2D eigenvalue weighted by atomic mass is 32.2. The Morgan fingerprint density at radius 3 is 2.41 bits per heavy atom. The summed E-state index contributed by atoms with van der Waals surface area (Å²) in [5.41, 5.74) is 5.53. The quantitative estimate of drug-likeness (QED) is 0.315. The van der Waals surface area contributed by atoms with Crippen molar-refractivity contribution in [3.8, 4) is 0 Å². The SMILES string of the molecule is COC(=O)/C=C1/S/C(=N\Nc2c3ccccc3nc3ccccc23)NC1=O. The highest BCUT2D eigenvalue weighted by Crippen LogP contribution is 2.31. The van der Waals surface area contributed by atoms with Gasteiger partial charge in [0.05, 0.1) is 28.7 Å². The van der Waals surface area contributed by atoms with Crippen molar-refractivity contribution in [3.05, 3.63) is 59.5 Å². The molecule has 3 aromatic rings. The van der Waals surface area contributed by atoms with Crippen molar-refractivity contribution in [3.63, 3.8) is 0 Å². The second-order valence-corrected chi connectivity index (χ2v) is 6.67. The van der Waals surface area contributed by atoms with Gasteiger partial charge in [0.2, 0.25) is 0 Å². The Hall–Kier alpha value is -3.39. The summed E-state index contributed by atoms with van der Waals surface area (Å²) < 4.78 is 4.55. The van der Waals surface area contributed by atoms with E-state index in [0.29, 0.717) is 5.17 Å². The van der Waals surface area contributed by atoms with Crippen molar-refractivity contribution < 1.29 is 14.3 Å². The molecule has 134 valence electrons. The summed E-state index contributed by atoms with van der Waals surface area (Å²) in [4.78, 5) is 28.2. The van der Waals surface area contributed by atoms with Gasteiger partial charge in [0.15, 0.2) is 5.17 Å². The van der Waals surface area contributed by atoms with Gasteiger partial charge in [-0.1, -0.05) is 36.4 Å². The first-order valence-electron chi connectivity index (χ1n) is 8.06. The Morgan fingerprint density at radius 1 is 1.15 bits per heavy atom. The fourth-order valence-electron chi connectivity index (χ4n) is 2.71. The monoisotopic (exact) mass is 378 g/mol. The molecule has 0 aliphatic carbocycles. The van der Waals surface area contributed by atoms with Crippen LogP contribution in [0, 0.1) is 0 Å². The van der Waals surface area contributed by atoms with Crippen LogP contribution in [-0.4, -0.2) is 29.1 Å². The number of hydrogen-bond acceptors (Lipinski definition) is 7. The molecule has 4 rings (SSSR count). The van der Waals surface area contributed by atoms with Crippen molar-refractivity contribution in [1.82, 2.24) is 10.3 Å². The third kappa shape index (κ3) is 3.34. The zero-order valence-corrected chi connectivity index (χ0v) is 15.0. The van der Waals surface area contributed by atoms with Crippen LogP contribution in [0.2, 0.25) is 0 Å². The molecule has 0 bridgehead atoms. The van der Waals surface area contributed by atoms with Gasteiger partial charge in [-0.05, 0) is 23.9 Å². The Labute approximate surface area is 158 Å². The predicted octanol–water partition coefficient (Wildman–Crippen LogP) is 2.99. The summed E-state index contributed by atoms with van der Waals surface area (Å²) in [6.45, 7) is 0. The standard InChI is InChI=1S/C19H14N4O3S/c1-26-16(24)10-15-18(25)21-19(27-15)23-22-17-11-6-2-4-8-13(11)20-14-9-5-3-7-12(14)17/h2-10H,1H3,(H,20,22)(H,21,23,25)/b15-10+. The molecule has 0 spiro atoms. The van der Waals surface area contributed by atoms with Gasteiger partial charge >= 0.3 is 5.97 Å². The van der Waals surface area contributed by atoms with E-state index in [2.05, 4.69) is 25.6 Å². The number of ether oxygens (including phenoxy) is 1. The number of esters is 1. The van der Waals surface area contributed by atoms with Crippen LogP contribution < -0.4 is 10.7 Å². The number of benzene rings is 2. The van der Waals surface area contributed by atoms with Crippen molar-refractivity contribution in [2.24, 2.45) is 5.10 Å². The number of amidine groups is 1. The Balaban J connectivity index is 1.71. The second-order valence-electron chi connectivity index (χ2n) is 5.64. The molecular formula is C19H14N4O3S. The summed E-state index contributed by atoms with van der Waals surface area (Å²) >= 11 is 1.06. The third-order valence-electron chi connectivity index (χ3n) is 3.96. The topological polar surface area (TPSA) is 92.7 Å². The maximum atomic E-state index is 11.9. The van der Waals surface area contributed by atoms with E-state index in [1.54, 1.807) is 0 Å². The van der Waals surface area contributed by atoms with E-state index < -0.39 is 11.9 Å². The largest absolute Gasteiger partial charge is 0.466 e. The van der Waals surface area contributed by atoms with Crippen LogP contribution in [0.1, 0.15) is 0 Å². The molecule has 0 atom stereocenters. The molecule has 2 N–H and O–H groups in total. The number of anilines is 1. The van der Waals surface area contributed by atoms with Crippen LogP contribution in [0.25, 0.3) is 21.8 Å². The summed E-state index contributed by atoms with van der Waals surface area (Å²) in [5, 5.41) is 9.11. The lowest BCUT2D eigenvalue weighted by molar-refractivity contribution is -0.135. The fourth-order valence-corrected chi connectivity index (χ4v) is 3.46. The highest BCUT2D eigenvalue weighted by Gasteiger charge is 2.25. The Kier molecular flexibility index (Phi) is 4.47. The molecule has 8 heteroatoms. The number of carbonyl (C=O) groups is 2. The van der Waals surface area contributed by atoms with E-state index in [9.17, 15) is 9.59 Å². The van der Waals surface area contributed by atoms with Gasteiger partial charge < -0.3 is 4.74 Å². The van der Waals surface area contributed by atoms with Crippen LogP contribution in [0.3, 0.4) is 0 Å². The van der Waals surface area contributed by atoms with E-state index in [-0.39, 0.29) is 4.91 Å². The van der Waals surface area contributed by atoms with Gasteiger partial charge in [0.1, 0.15) is 0 Å². The molecule has 1 fully saturated rings. The van der Waals surface area contributed by atoms with Crippen molar-refractivity contribution in [2.45, 2.75) is 0 Å². The molecule has 1 aliphatic heterocycles. The third-order valence-corrected chi connectivity index (χ3v) is 4.87. The van der Waals surface area contributed by atoms with Crippen LogP contribution in [-0.2, 0) is 14.3 Å². The lowest BCUT2D eigenvalue weighted by Gasteiger charge is -2.10. The molecule has 1 aromatic heterocycles. The molecule has 0 radical (unpaired) electrons. The number of nitrogens with zero attached hydrogens (tertiary/aromatic N) is 2. The maximum Gasteiger partial charge on any atom is 0.331 e. The van der Waals surface area contributed by atoms with Crippen molar-refractivity contribution in [2.75, 3.05) is 12.5 Å². The molecular weight excluding hydrogens is 364 g/mol. The van der Waals surface area contributed by atoms with Gasteiger partial charge in [-0.3, -0.25) is 15.5 Å². The number of aromatic nitrogens is 1. The molecule has 2 heterocycles. The summed E-state index contributed by atoms with van der Waals surface area (Å²) in [5.74, 6) is -0.983. The Bertz CT molecular complexity index is 1090. The molecule has 1 amide bonds. The number of rotatable bonds is 3. The molecule has 0 saturated carbocycles. The fraction of sp³-hybridized carbons (Fsp3) is 0.0526. The van der Waals surface area contributed by atoms with E-state index in [0.717, 1.165) is 45.3 Å². The van der Waals surface area contributed by atoms with Crippen molar-refractivity contribution >= 4 is 56.3 Å². The first-order chi connectivity index (χ1) is 13.2. The number of thioether (sulfide) groups is 1. The number of para-hydroxylation sites is 2. The average molecular weight is 378 g/mol. The molecule has 7 nitrogen and oxygen atoms in total. The van der Waals surface area contributed by atoms with E-state index in [1.165, 1.54) is 7.11 Å². The van der Waals surface area contributed by atoms with Gasteiger partial charge in [0, 0.05) is 16.8 Å². The normalized spacial score (nSPS) is 16.9. The van der Waals surface area contributed by atoms with Gasteiger partial charge in [-0.2, -0.15) is 0 Å². The zero-order chi connectivity index (χ0) is 18.8. The lowest BCUT2D eigenvalue weighted by Crippen LogP contribution is -2.20. The van der Waals surface area contributed by atoms with Gasteiger partial charge in [-0.25, -0.2) is 9.78 Å². The minimum atomic E-state index is -0.590. The van der Waals surface area contributed by atoms with Crippen LogP contribution >= 0.6 is 11.8 Å². The number of pyridine rings is 1. The highest BCUT2D eigenvalue weighted by molar-refractivity contribution is 8.18. The number of methoxy groups -OCH3 is 1. The number of fused-ring (bicyclic) bond motifs is 2. The maximum absolute atomic E-state index is 11.9. The molecule has 27 heavy (non-hydrogen) atoms. The van der Waals surface area contributed by atoms with Crippen molar-refractivity contribution in [1.29, 1.82) is 0 Å². The molecule has 0 unspecified atom stereocenters. The molecule has 1 aliphatic rings. The number of hydrazone groups is 1. The number of carbonyl (C=O) groups excluding carboxylic acids is 2. The lowest BCUT2D eigenvalue weighted by atomic mass is 10.1. The van der Waals surface area contributed by atoms with Crippen LogP contribution in [0.5, 0.6) is 0 Å². The average Bonchev–Trinajstić information content (AvgIpc) is 3.04. The number of hydrogen-bond donors (Lipinski definition) is 2. The van der Waals surface area contributed by atoms with E-state index in [4.69, 9.17) is 0 Å². The van der Waals surface area contributed by atoms with Crippen LogP contribution in [0.4, 0.5) is 5.69 Å². The first-order valence-corrected chi connectivity index (χ1v) is 8.87. The zero-order valence-electron chi connectivity index (χ0n) is 14.2. The Morgan fingerprint density at radius 2 is 1.78 bits per heavy atom. The second kappa shape index (κ2) is 7.08. The van der Waals surface area contributed by atoms with E-state index in [1.807, 2.05) is 48.5 Å². The minimum Gasteiger partial charge on any atom is -0.466 e. The number of nitrogens with one attached hydrogen (secondary N) is 2. The van der Waals surface area contributed by atoms with E-state index >= 15 is 0 Å². The minimum absolute atomic E-state index is 0.229. The smallest absolute Gasteiger partial charge is 0.331 e. The predicted molar refractivity (Wildman–Crippen MR) is 106 cm³/mol.